The molecule has 0 fully saturated rings. The van der Waals surface area contributed by atoms with Crippen molar-refractivity contribution in [2.24, 2.45) is 4.99 Å². The zero-order valence-electron chi connectivity index (χ0n) is 8.10. The van der Waals surface area contributed by atoms with E-state index < -0.39 is 0 Å². The summed E-state index contributed by atoms with van der Waals surface area (Å²) in [5.41, 5.74) is 1.57. The van der Waals surface area contributed by atoms with Gasteiger partial charge in [0.1, 0.15) is 0 Å². The first-order chi connectivity index (χ1) is 7.36. The van der Waals surface area contributed by atoms with Crippen molar-refractivity contribution in [3.8, 4) is 0 Å². The quantitative estimate of drug-likeness (QED) is 0.635. The Kier molecular flexibility index (Phi) is 1.68. The number of carbonyl (C=O) groups excluding carboxylic acids is 1. The molecule has 0 radical (unpaired) electrons. The minimum absolute atomic E-state index is 0.158. The van der Waals surface area contributed by atoms with Crippen LogP contribution in [0.3, 0.4) is 0 Å². The molecule has 0 unspecified atom stereocenters. The molecule has 0 aromatic heterocycles. The van der Waals surface area contributed by atoms with Crippen LogP contribution >= 0.6 is 0 Å². The van der Waals surface area contributed by atoms with Crippen molar-refractivity contribution in [3.05, 3.63) is 42.0 Å². The molecule has 15 heavy (non-hydrogen) atoms. The van der Waals surface area contributed by atoms with Crippen molar-refractivity contribution >= 4 is 28.5 Å². The fourth-order valence-corrected chi connectivity index (χ4v) is 1.95. The molecule has 1 aliphatic heterocycles. The van der Waals surface area contributed by atoms with Crippen LogP contribution in [0.4, 0.5) is 5.69 Å². The molecule has 0 N–H and O–H groups in total. The molecule has 0 amide bonds. The van der Waals surface area contributed by atoms with Crippen molar-refractivity contribution < 1.29 is 4.79 Å². The van der Waals surface area contributed by atoms with E-state index in [9.17, 15) is 4.79 Å². The lowest BCUT2D eigenvalue weighted by atomic mass is 9.98. The Morgan fingerprint density at radius 1 is 1.07 bits per heavy atom. The van der Waals surface area contributed by atoms with Crippen LogP contribution in [0.2, 0.25) is 0 Å². The predicted octanol–water partition coefficient (Wildman–Crippen LogP) is 3.13. The molecule has 1 heterocycles. The highest BCUT2D eigenvalue weighted by Gasteiger charge is 2.15. The summed E-state index contributed by atoms with van der Waals surface area (Å²) in [4.78, 5) is 16.0. The molecule has 0 saturated carbocycles. The number of benzene rings is 2. The lowest BCUT2D eigenvalue weighted by Crippen LogP contribution is -2.04. The number of hydrogen-bond donors (Lipinski definition) is 0. The van der Waals surface area contributed by atoms with E-state index in [1.165, 1.54) is 0 Å². The maximum atomic E-state index is 11.6. The van der Waals surface area contributed by atoms with Gasteiger partial charge in [-0.1, -0.05) is 30.3 Å². The molecule has 0 spiro atoms. The Morgan fingerprint density at radius 3 is 2.87 bits per heavy atom. The van der Waals surface area contributed by atoms with Crippen LogP contribution in [0.25, 0.3) is 10.8 Å². The molecule has 72 valence electrons. The van der Waals surface area contributed by atoms with E-state index in [1.807, 2.05) is 36.4 Å². The van der Waals surface area contributed by atoms with E-state index in [0.29, 0.717) is 6.42 Å². The Morgan fingerprint density at radius 2 is 1.93 bits per heavy atom. The topological polar surface area (TPSA) is 29.4 Å². The summed E-state index contributed by atoms with van der Waals surface area (Å²) < 4.78 is 0. The van der Waals surface area contributed by atoms with Crippen LogP contribution in [-0.4, -0.2) is 12.0 Å². The van der Waals surface area contributed by atoms with Gasteiger partial charge in [0.15, 0.2) is 5.78 Å². The zero-order valence-corrected chi connectivity index (χ0v) is 8.10. The van der Waals surface area contributed by atoms with Crippen LogP contribution in [0.1, 0.15) is 16.8 Å². The lowest BCUT2D eigenvalue weighted by molar-refractivity contribution is 0.100. The summed E-state index contributed by atoms with van der Waals surface area (Å²) in [5.74, 6) is 0.158. The van der Waals surface area contributed by atoms with Gasteiger partial charge in [-0.05, 0) is 11.5 Å². The molecule has 3 rings (SSSR count). The van der Waals surface area contributed by atoms with Gasteiger partial charge in [0.25, 0.3) is 0 Å². The first kappa shape index (κ1) is 8.36. The summed E-state index contributed by atoms with van der Waals surface area (Å²) in [6.07, 6.45) is 2.11. The highest BCUT2D eigenvalue weighted by atomic mass is 16.1. The molecule has 2 heteroatoms. The fourth-order valence-electron chi connectivity index (χ4n) is 1.95. The second kappa shape index (κ2) is 3.02. The number of fused-ring (bicyclic) bond motifs is 3. The van der Waals surface area contributed by atoms with Gasteiger partial charge in [0.05, 0.1) is 5.69 Å². The number of ketones is 1. The number of nitrogens with zero attached hydrogens (tertiary/aromatic N) is 1. The molecular formula is C13H9NO. The van der Waals surface area contributed by atoms with Gasteiger partial charge in [0, 0.05) is 23.6 Å². The second-order valence-corrected chi connectivity index (χ2v) is 3.62. The van der Waals surface area contributed by atoms with Crippen LogP contribution < -0.4 is 0 Å². The summed E-state index contributed by atoms with van der Waals surface area (Å²) in [5, 5.41) is 2.18. The Hall–Kier alpha value is -1.96. The summed E-state index contributed by atoms with van der Waals surface area (Å²) in [7, 11) is 0. The highest BCUT2D eigenvalue weighted by molar-refractivity contribution is 6.15. The van der Waals surface area contributed by atoms with Crippen molar-refractivity contribution in [3.63, 3.8) is 0 Å². The number of carbonyl (C=O) groups is 1. The predicted molar refractivity (Wildman–Crippen MR) is 61.0 cm³/mol. The van der Waals surface area contributed by atoms with Gasteiger partial charge in [0.2, 0.25) is 0 Å². The molecule has 1 aliphatic rings. The van der Waals surface area contributed by atoms with E-state index in [1.54, 1.807) is 6.21 Å². The van der Waals surface area contributed by atoms with Crippen LogP contribution in [0.5, 0.6) is 0 Å². The summed E-state index contributed by atoms with van der Waals surface area (Å²) in [6.45, 7) is 0. The number of aliphatic imine (C=N–C) groups is 1. The first-order valence-corrected chi connectivity index (χ1v) is 4.94. The Labute approximate surface area is 87.3 Å². The van der Waals surface area contributed by atoms with Gasteiger partial charge in [-0.3, -0.25) is 9.79 Å². The SMILES string of the molecule is O=C1CC=Nc2c1ccc1ccccc21. The molecular weight excluding hydrogens is 186 g/mol. The third-order valence-electron chi connectivity index (χ3n) is 2.70. The number of rotatable bonds is 0. The monoisotopic (exact) mass is 195 g/mol. The molecule has 0 saturated heterocycles. The smallest absolute Gasteiger partial charge is 0.170 e. The van der Waals surface area contributed by atoms with Crippen LogP contribution in [0, 0.1) is 0 Å². The number of Topliss-reactive ketones (excluding diaryl/α,β-unsaturated/α-hetero) is 1. The Bertz CT molecular complexity index is 584. The summed E-state index contributed by atoms with van der Waals surface area (Å²) >= 11 is 0. The van der Waals surface area contributed by atoms with E-state index in [4.69, 9.17) is 0 Å². The maximum absolute atomic E-state index is 11.6. The van der Waals surface area contributed by atoms with Crippen LogP contribution in [-0.2, 0) is 0 Å². The zero-order chi connectivity index (χ0) is 10.3. The Balaban J connectivity index is 2.44. The summed E-state index contributed by atoms with van der Waals surface area (Å²) in [6, 6.07) is 11.8. The molecule has 0 bridgehead atoms. The van der Waals surface area contributed by atoms with Gasteiger partial charge in [-0.2, -0.15) is 0 Å². The van der Waals surface area contributed by atoms with Crippen molar-refractivity contribution in [1.82, 2.24) is 0 Å². The average molecular weight is 195 g/mol. The fraction of sp³-hybridized carbons (Fsp3) is 0.0769. The van der Waals surface area contributed by atoms with Gasteiger partial charge >= 0.3 is 0 Å². The van der Waals surface area contributed by atoms with Gasteiger partial charge < -0.3 is 0 Å². The molecule has 0 atom stereocenters. The van der Waals surface area contributed by atoms with E-state index >= 15 is 0 Å². The lowest BCUT2D eigenvalue weighted by Gasteiger charge is -2.10. The van der Waals surface area contributed by atoms with Gasteiger partial charge in [-0.25, -0.2) is 0 Å². The van der Waals surface area contributed by atoms with E-state index in [0.717, 1.165) is 22.0 Å². The maximum Gasteiger partial charge on any atom is 0.170 e. The molecule has 2 aromatic carbocycles. The molecule has 2 aromatic rings. The third-order valence-corrected chi connectivity index (χ3v) is 2.70. The first-order valence-electron chi connectivity index (χ1n) is 4.94. The van der Waals surface area contributed by atoms with Crippen molar-refractivity contribution in [2.75, 3.05) is 0 Å². The minimum atomic E-state index is 0.158. The van der Waals surface area contributed by atoms with Crippen molar-refractivity contribution in [1.29, 1.82) is 0 Å². The number of hydrogen-bond acceptors (Lipinski definition) is 2. The third kappa shape index (κ3) is 1.18. The standard InChI is InChI=1S/C13H9NO/c15-12-7-8-14-13-10-4-2-1-3-9(10)5-6-11(12)13/h1-6,8H,7H2. The average Bonchev–Trinajstić information content (AvgIpc) is 2.29. The van der Waals surface area contributed by atoms with Gasteiger partial charge in [-0.15, -0.1) is 0 Å². The second-order valence-electron chi connectivity index (χ2n) is 3.62. The molecule has 2 nitrogen and oxygen atoms in total. The largest absolute Gasteiger partial charge is 0.294 e. The van der Waals surface area contributed by atoms with E-state index in [2.05, 4.69) is 4.99 Å². The minimum Gasteiger partial charge on any atom is -0.294 e. The molecule has 0 aliphatic carbocycles. The van der Waals surface area contributed by atoms with E-state index in [-0.39, 0.29) is 5.78 Å². The van der Waals surface area contributed by atoms with Crippen LogP contribution in [0.15, 0.2) is 41.4 Å². The van der Waals surface area contributed by atoms with Crippen molar-refractivity contribution in [2.45, 2.75) is 6.42 Å². The normalized spacial score (nSPS) is 14.3. The highest BCUT2D eigenvalue weighted by Crippen LogP contribution is 2.32.